The lowest BCUT2D eigenvalue weighted by Gasteiger charge is -2.48. The van der Waals surface area contributed by atoms with E-state index in [9.17, 15) is 24.0 Å². The zero-order chi connectivity index (χ0) is 25.9. The summed E-state index contributed by atoms with van der Waals surface area (Å²) in [6.07, 6.45) is -5.31. The van der Waals surface area contributed by atoms with E-state index in [-0.39, 0.29) is 6.79 Å². The number of hydrogen-bond donors (Lipinski definition) is 1. The first-order valence-electron chi connectivity index (χ1n) is 10.8. The Labute approximate surface area is 201 Å². The minimum absolute atomic E-state index is 0.00657. The molecule has 0 radical (unpaired) electrons. The standard InChI is InChI=1S/C23H27NO11/c1-10(25)24-19-18(15-6-7-16-17(8-15)31-9-30-16)20(32-11(2)26)22(34-13(4)28)23(35-14(5)29)21(19)33-12(3)27/h6-8,18-23H,9H2,1-5H3,(H,24,25)/t18-,19+,20+,21-,22-,23-/m0/s1. The molecule has 0 saturated heterocycles. The average molecular weight is 493 g/mol. The molecule has 0 spiro atoms. The van der Waals surface area contributed by atoms with Gasteiger partial charge in [0, 0.05) is 40.5 Å². The van der Waals surface area contributed by atoms with Crippen LogP contribution in [-0.2, 0) is 42.9 Å². The van der Waals surface area contributed by atoms with Crippen molar-refractivity contribution in [1.29, 1.82) is 0 Å². The van der Waals surface area contributed by atoms with Crippen molar-refractivity contribution >= 4 is 29.8 Å². The normalized spacial score (nSPS) is 26.8. The number of ether oxygens (including phenoxy) is 6. The topological polar surface area (TPSA) is 153 Å². The SMILES string of the molecule is CC(=O)N[C@H]1[C@H](OC(C)=O)[C@H](OC(C)=O)[C@@H](OC(C)=O)[C@H](OC(C)=O)[C@H]1c1ccc2c(c1)OCO2. The first kappa shape index (κ1) is 25.8. The summed E-state index contributed by atoms with van der Waals surface area (Å²) >= 11 is 0. The van der Waals surface area contributed by atoms with Gasteiger partial charge in [-0.3, -0.25) is 24.0 Å². The zero-order valence-corrected chi connectivity index (χ0v) is 19.9. The summed E-state index contributed by atoms with van der Waals surface area (Å²) in [5.74, 6) is -3.50. The number of carbonyl (C=O) groups is 5. The molecule has 0 bridgehead atoms. The van der Waals surface area contributed by atoms with Gasteiger partial charge < -0.3 is 33.7 Å². The van der Waals surface area contributed by atoms with Gasteiger partial charge in [0.1, 0.15) is 0 Å². The Balaban J connectivity index is 2.23. The highest BCUT2D eigenvalue weighted by atomic mass is 16.7. The average Bonchev–Trinajstić information content (AvgIpc) is 3.19. The lowest BCUT2D eigenvalue weighted by molar-refractivity contribution is -0.217. The maximum atomic E-state index is 12.2. The number of benzene rings is 1. The fourth-order valence-electron chi connectivity index (χ4n) is 4.43. The van der Waals surface area contributed by atoms with E-state index in [1.807, 2.05) is 0 Å². The Hall–Kier alpha value is -3.83. The van der Waals surface area contributed by atoms with Crippen molar-refractivity contribution in [2.45, 2.75) is 71.0 Å². The van der Waals surface area contributed by atoms with Crippen molar-refractivity contribution in [3.05, 3.63) is 23.8 Å². The second-order valence-corrected chi connectivity index (χ2v) is 8.16. The Morgan fingerprint density at radius 3 is 1.74 bits per heavy atom. The highest BCUT2D eigenvalue weighted by Gasteiger charge is 2.58. The molecule has 1 aromatic carbocycles. The predicted molar refractivity (Wildman–Crippen MR) is 115 cm³/mol. The molecule has 12 heteroatoms. The molecule has 0 aromatic heterocycles. The van der Waals surface area contributed by atoms with Gasteiger partial charge in [-0.15, -0.1) is 0 Å². The Morgan fingerprint density at radius 2 is 1.20 bits per heavy atom. The van der Waals surface area contributed by atoms with Gasteiger partial charge in [0.25, 0.3) is 0 Å². The number of amides is 1. The van der Waals surface area contributed by atoms with Gasteiger partial charge >= 0.3 is 23.9 Å². The van der Waals surface area contributed by atoms with Crippen molar-refractivity contribution < 1.29 is 52.4 Å². The van der Waals surface area contributed by atoms with Gasteiger partial charge in [-0.25, -0.2) is 0 Å². The van der Waals surface area contributed by atoms with Gasteiger partial charge in [-0.05, 0) is 17.7 Å². The van der Waals surface area contributed by atoms with Crippen LogP contribution in [0.2, 0.25) is 0 Å². The third-order valence-electron chi connectivity index (χ3n) is 5.43. The Kier molecular flexibility index (Phi) is 7.82. The summed E-state index contributed by atoms with van der Waals surface area (Å²) in [7, 11) is 0. The molecule has 35 heavy (non-hydrogen) atoms. The minimum Gasteiger partial charge on any atom is -0.458 e. The smallest absolute Gasteiger partial charge is 0.303 e. The van der Waals surface area contributed by atoms with E-state index in [1.165, 1.54) is 6.92 Å². The van der Waals surface area contributed by atoms with E-state index in [0.717, 1.165) is 27.7 Å². The third-order valence-corrected chi connectivity index (χ3v) is 5.43. The molecule has 190 valence electrons. The van der Waals surface area contributed by atoms with E-state index >= 15 is 0 Å². The summed E-state index contributed by atoms with van der Waals surface area (Å²) in [6.45, 7) is 5.81. The van der Waals surface area contributed by atoms with Crippen LogP contribution in [0.25, 0.3) is 0 Å². The number of rotatable bonds is 6. The molecular weight excluding hydrogens is 466 g/mol. The molecule has 6 atom stereocenters. The van der Waals surface area contributed by atoms with Crippen LogP contribution in [0.15, 0.2) is 18.2 Å². The summed E-state index contributed by atoms with van der Waals surface area (Å²) in [4.78, 5) is 60.4. The van der Waals surface area contributed by atoms with Crippen molar-refractivity contribution in [3.63, 3.8) is 0 Å². The lowest BCUT2D eigenvalue weighted by Crippen LogP contribution is -2.67. The molecule has 1 aliphatic heterocycles. The first-order valence-corrected chi connectivity index (χ1v) is 10.8. The molecule has 0 unspecified atom stereocenters. The number of hydrogen-bond acceptors (Lipinski definition) is 11. The van der Waals surface area contributed by atoms with Crippen LogP contribution in [0.4, 0.5) is 0 Å². The van der Waals surface area contributed by atoms with Crippen molar-refractivity contribution in [1.82, 2.24) is 5.32 Å². The number of nitrogens with one attached hydrogen (secondary N) is 1. The van der Waals surface area contributed by atoms with Crippen LogP contribution in [-0.4, -0.2) is 67.0 Å². The maximum absolute atomic E-state index is 12.2. The highest BCUT2D eigenvalue weighted by Crippen LogP contribution is 2.43. The summed E-state index contributed by atoms with van der Waals surface area (Å²) < 4.78 is 32.8. The fourth-order valence-corrected chi connectivity index (χ4v) is 4.43. The summed E-state index contributed by atoms with van der Waals surface area (Å²) in [6, 6.07) is 3.86. The molecule has 12 nitrogen and oxygen atoms in total. The van der Waals surface area contributed by atoms with Gasteiger partial charge in [0.15, 0.2) is 35.9 Å². The highest BCUT2D eigenvalue weighted by molar-refractivity contribution is 5.74. The number of esters is 4. The van der Waals surface area contributed by atoms with Crippen LogP contribution in [0.1, 0.15) is 46.1 Å². The molecule has 1 saturated carbocycles. The largest absolute Gasteiger partial charge is 0.458 e. The molecular formula is C23H27NO11. The number of fused-ring (bicyclic) bond motifs is 1. The van der Waals surface area contributed by atoms with Gasteiger partial charge in [-0.1, -0.05) is 6.07 Å². The van der Waals surface area contributed by atoms with Crippen LogP contribution >= 0.6 is 0 Å². The van der Waals surface area contributed by atoms with Gasteiger partial charge in [0.05, 0.1) is 6.04 Å². The van der Waals surface area contributed by atoms with Crippen LogP contribution in [0.5, 0.6) is 11.5 Å². The third kappa shape index (κ3) is 6.00. The number of carbonyl (C=O) groups excluding carboxylic acids is 5. The van der Waals surface area contributed by atoms with Crippen molar-refractivity contribution in [2.75, 3.05) is 6.79 Å². The molecule has 2 aliphatic rings. The summed E-state index contributed by atoms with van der Waals surface area (Å²) in [5, 5.41) is 2.72. The van der Waals surface area contributed by atoms with Crippen molar-refractivity contribution in [3.8, 4) is 11.5 Å². The van der Waals surface area contributed by atoms with Gasteiger partial charge in [0.2, 0.25) is 12.7 Å². The van der Waals surface area contributed by atoms with E-state index in [2.05, 4.69) is 5.32 Å². The quantitative estimate of drug-likeness (QED) is 0.441. The van der Waals surface area contributed by atoms with Gasteiger partial charge in [-0.2, -0.15) is 0 Å². The predicted octanol–water partition coefficient (Wildman–Crippen LogP) is 0.744. The lowest BCUT2D eigenvalue weighted by atomic mass is 9.72. The molecule has 1 heterocycles. The maximum Gasteiger partial charge on any atom is 0.303 e. The molecule has 1 aromatic rings. The molecule has 1 aliphatic carbocycles. The fraction of sp³-hybridized carbons (Fsp3) is 0.522. The van der Waals surface area contributed by atoms with Crippen LogP contribution < -0.4 is 14.8 Å². The first-order chi connectivity index (χ1) is 16.5. The summed E-state index contributed by atoms with van der Waals surface area (Å²) in [5.41, 5.74) is 0.495. The zero-order valence-electron chi connectivity index (χ0n) is 19.9. The Bertz CT molecular complexity index is 979. The van der Waals surface area contributed by atoms with Crippen LogP contribution in [0.3, 0.4) is 0 Å². The Morgan fingerprint density at radius 1 is 0.714 bits per heavy atom. The molecule has 1 amide bonds. The van der Waals surface area contributed by atoms with E-state index < -0.39 is 66.2 Å². The molecule has 1 fully saturated rings. The monoisotopic (exact) mass is 493 g/mol. The van der Waals surface area contributed by atoms with E-state index in [4.69, 9.17) is 28.4 Å². The minimum atomic E-state index is -1.40. The van der Waals surface area contributed by atoms with Crippen LogP contribution in [0, 0.1) is 0 Å². The molecule has 3 rings (SSSR count). The molecule has 1 N–H and O–H groups in total. The van der Waals surface area contributed by atoms with E-state index in [0.29, 0.717) is 17.1 Å². The van der Waals surface area contributed by atoms with Crippen molar-refractivity contribution in [2.24, 2.45) is 0 Å². The van der Waals surface area contributed by atoms with E-state index in [1.54, 1.807) is 18.2 Å². The second kappa shape index (κ2) is 10.6. The second-order valence-electron chi connectivity index (χ2n) is 8.16.